The third-order valence-electron chi connectivity index (χ3n) is 9.57. The molecule has 0 saturated heterocycles. The number of hydrogen-bond donors (Lipinski definition) is 0. The van der Waals surface area contributed by atoms with E-state index in [0.29, 0.717) is 19.3 Å². The SMILES string of the molecule is CC/C=C\C/C=C\C/C=C\CC(C)CC(C)C(=O)OC(OC(=O)C(C)CC(C)C/C=C\C/C=C\C/C=C\CC)OC(=O)C(C)CC(C)C/C=C\C/C=C\C/C=C\CC. The highest BCUT2D eigenvalue weighted by Gasteiger charge is 2.31. The fourth-order valence-corrected chi connectivity index (χ4v) is 6.20. The number of allylic oxidation sites excluding steroid dienone is 18. The predicted molar refractivity (Wildman–Crippen MR) is 246 cm³/mol. The smallest absolute Gasteiger partial charge is 0.390 e. The first-order valence-electron chi connectivity index (χ1n) is 22.4. The molecule has 0 radical (unpaired) electrons. The molecule has 0 aliphatic carbocycles. The molecule has 0 aliphatic heterocycles. The lowest BCUT2D eigenvalue weighted by Crippen LogP contribution is -2.35. The molecule has 0 saturated carbocycles. The number of carbonyl (C=O) groups is 3. The number of ether oxygens (including phenoxy) is 3. The van der Waals surface area contributed by atoms with Gasteiger partial charge >= 0.3 is 24.4 Å². The molecule has 6 heteroatoms. The fourth-order valence-electron chi connectivity index (χ4n) is 6.20. The van der Waals surface area contributed by atoms with Gasteiger partial charge in [0.05, 0.1) is 17.8 Å². The minimum absolute atomic E-state index is 0.225. The molecule has 0 heterocycles. The zero-order valence-electron chi connectivity index (χ0n) is 38.0. The van der Waals surface area contributed by atoms with Crippen molar-refractivity contribution in [2.24, 2.45) is 35.5 Å². The lowest BCUT2D eigenvalue weighted by Gasteiger charge is -2.24. The molecule has 0 rings (SSSR count). The van der Waals surface area contributed by atoms with Crippen molar-refractivity contribution in [1.29, 1.82) is 0 Å². The van der Waals surface area contributed by atoms with E-state index in [9.17, 15) is 14.4 Å². The molecule has 0 bridgehead atoms. The van der Waals surface area contributed by atoms with E-state index in [-0.39, 0.29) is 17.8 Å². The van der Waals surface area contributed by atoms with Gasteiger partial charge < -0.3 is 14.2 Å². The molecular weight excluding hydrogens is 721 g/mol. The van der Waals surface area contributed by atoms with Gasteiger partial charge in [-0.1, -0.05) is 172 Å². The van der Waals surface area contributed by atoms with E-state index in [1.54, 1.807) is 20.8 Å². The van der Waals surface area contributed by atoms with Gasteiger partial charge in [-0.15, -0.1) is 0 Å². The van der Waals surface area contributed by atoms with E-state index in [4.69, 9.17) is 14.2 Å². The summed E-state index contributed by atoms with van der Waals surface area (Å²) in [6.07, 6.45) is 51.6. The Balaban J connectivity index is 5.38. The second kappa shape index (κ2) is 37.3. The van der Waals surface area contributed by atoms with Gasteiger partial charge in [-0.05, 0) is 114 Å². The summed E-state index contributed by atoms with van der Waals surface area (Å²) >= 11 is 0. The van der Waals surface area contributed by atoms with Crippen molar-refractivity contribution in [3.8, 4) is 0 Å². The number of hydrogen-bond acceptors (Lipinski definition) is 6. The third-order valence-corrected chi connectivity index (χ3v) is 9.57. The fraction of sp³-hybridized carbons (Fsp3) is 0.596. The van der Waals surface area contributed by atoms with Crippen molar-refractivity contribution in [2.45, 2.75) is 165 Å². The van der Waals surface area contributed by atoms with E-state index in [2.05, 4.69) is 151 Å². The average Bonchev–Trinajstić information content (AvgIpc) is 3.18. The average molecular weight is 803 g/mol. The lowest BCUT2D eigenvalue weighted by molar-refractivity contribution is -0.263. The van der Waals surface area contributed by atoms with Crippen molar-refractivity contribution < 1.29 is 28.6 Å². The molecule has 0 amide bonds. The minimum Gasteiger partial charge on any atom is -0.390 e. The molecule has 0 N–H and O–H groups in total. The van der Waals surface area contributed by atoms with Crippen LogP contribution in [-0.2, 0) is 28.6 Å². The topological polar surface area (TPSA) is 78.9 Å². The highest BCUT2D eigenvalue weighted by Crippen LogP contribution is 2.23. The Morgan fingerprint density at radius 1 is 0.345 bits per heavy atom. The van der Waals surface area contributed by atoms with Gasteiger partial charge in [0, 0.05) is 0 Å². The van der Waals surface area contributed by atoms with E-state index in [1.165, 1.54) is 0 Å². The van der Waals surface area contributed by atoms with E-state index in [0.717, 1.165) is 77.0 Å². The zero-order valence-corrected chi connectivity index (χ0v) is 38.0. The van der Waals surface area contributed by atoms with Crippen LogP contribution in [0.4, 0.5) is 0 Å². The van der Waals surface area contributed by atoms with Crippen molar-refractivity contribution in [1.82, 2.24) is 0 Å². The van der Waals surface area contributed by atoms with E-state index >= 15 is 0 Å². The van der Waals surface area contributed by atoms with Gasteiger partial charge in [0.15, 0.2) is 0 Å². The first-order valence-corrected chi connectivity index (χ1v) is 22.4. The quantitative estimate of drug-likeness (QED) is 0.0373. The monoisotopic (exact) mass is 803 g/mol. The molecule has 0 aromatic heterocycles. The summed E-state index contributed by atoms with van der Waals surface area (Å²) in [5.41, 5.74) is 0. The molecule has 0 aliphatic rings. The van der Waals surface area contributed by atoms with Crippen molar-refractivity contribution in [3.63, 3.8) is 0 Å². The molecular formula is C52H82O6. The molecule has 58 heavy (non-hydrogen) atoms. The maximum Gasteiger partial charge on any atom is 0.412 e. The summed E-state index contributed by atoms with van der Waals surface area (Å²) in [5, 5.41) is 0. The van der Waals surface area contributed by atoms with Crippen molar-refractivity contribution in [2.75, 3.05) is 0 Å². The van der Waals surface area contributed by atoms with Crippen LogP contribution in [0.3, 0.4) is 0 Å². The standard InChI is InChI=1S/C52H82O6/c1-10-13-16-19-22-25-28-31-34-37-43(4)40-46(7)49(53)56-52(57-50(54)47(8)41-44(5)38-35-32-29-26-23-20-17-14-11-2)58-51(55)48(9)42-45(6)39-36-33-30-27-24-21-18-15-12-3/h13-18,22-27,31-36,43-48,52H,10-12,19-21,28-30,37-42H2,1-9H3/b16-13-,17-14-,18-15-,25-22-,26-23-,27-24-,34-31-,35-32-,36-33-. The largest absolute Gasteiger partial charge is 0.412 e. The number of esters is 3. The summed E-state index contributed by atoms with van der Waals surface area (Å²) in [6.45, 7) is 16.3. The normalized spacial score (nSPS) is 16.5. The van der Waals surface area contributed by atoms with Crippen LogP contribution in [0, 0.1) is 35.5 Å². The first kappa shape index (κ1) is 54.1. The minimum atomic E-state index is -1.74. The third kappa shape index (κ3) is 32.1. The highest BCUT2D eigenvalue weighted by atomic mass is 16.9. The predicted octanol–water partition coefficient (Wildman–Crippen LogP) is 14.6. The Kier molecular flexibility index (Phi) is 34.8. The number of carbonyl (C=O) groups excluding carboxylic acids is 3. The van der Waals surface area contributed by atoms with Crippen LogP contribution in [0.25, 0.3) is 0 Å². The van der Waals surface area contributed by atoms with Gasteiger partial charge in [0.2, 0.25) is 0 Å². The zero-order chi connectivity index (χ0) is 43.2. The highest BCUT2D eigenvalue weighted by molar-refractivity contribution is 5.75. The lowest BCUT2D eigenvalue weighted by atomic mass is 9.94. The van der Waals surface area contributed by atoms with Crippen LogP contribution in [0.1, 0.15) is 159 Å². The van der Waals surface area contributed by atoms with Gasteiger partial charge in [0.1, 0.15) is 0 Å². The van der Waals surface area contributed by atoms with Crippen LogP contribution < -0.4 is 0 Å². The summed E-state index contributed by atoms with van der Waals surface area (Å²) in [6, 6.07) is 0. The Bertz CT molecular complexity index is 1180. The van der Waals surface area contributed by atoms with E-state index < -0.39 is 42.1 Å². The van der Waals surface area contributed by atoms with Crippen LogP contribution in [0.5, 0.6) is 0 Å². The Labute approximate surface area is 355 Å². The van der Waals surface area contributed by atoms with Gasteiger partial charge in [-0.2, -0.15) is 0 Å². The van der Waals surface area contributed by atoms with Crippen molar-refractivity contribution >= 4 is 17.9 Å². The molecule has 0 aromatic carbocycles. The van der Waals surface area contributed by atoms with Crippen LogP contribution in [0.2, 0.25) is 0 Å². The number of rotatable bonds is 33. The summed E-state index contributed by atoms with van der Waals surface area (Å²) < 4.78 is 16.9. The Hall–Kier alpha value is -3.93. The van der Waals surface area contributed by atoms with Gasteiger partial charge in [-0.3, -0.25) is 14.4 Å². The van der Waals surface area contributed by atoms with Crippen LogP contribution in [0.15, 0.2) is 109 Å². The molecule has 6 nitrogen and oxygen atoms in total. The Morgan fingerprint density at radius 2 is 0.552 bits per heavy atom. The summed E-state index contributed by atoms with van der Waals surface area (Å²) in [4.78, 5) is 40.0. The first-order chi connectivity index (χ1) is 27.9. The maximum atomic E-state index is 13.3. The molecule has 6 atom stereocenters. The second-order valence-corrected chi connectivity index (χ2v) is 15.9. The molecule has 326 valence electrons. The maximum absolute atomic E-state index is 13.3. The van der Waals surface area contributed by atoms with Gasteiger partial charge in [-0.25, -0.2) is 0 Å². The van der Waals surface area contributed by atoms with Crippen LogP contribution in [-0.4, -0.2) is 24.4 Å². The van der Waals surface area contributed by atoms with Crippen LogP contribution >= 0.6 is 0 Å². The second-order valence-electron chi connectivity index (χ2n) is 15.9. The van der Waals surface area contributed by atoms with E-state index in [1.807, 2.05) is 0 Å². The molecule has 0 aromatic rings. The molecule has 0 fully saturated rings. The summed E-state index contributed by atoms with van der Waals surface area (Å²) in [7, 11) is 0. The molecule has 6 unspecified atom stereocenters. The molecule has 0 spiro atoms. The Morgan fingerprint density at radius 3 is 0.776 bits per heavy atom. The summed E-state index contributed by atoms with van der Waals surface area (Å²) in [5.74, 6) is -2.45. The van der Waals surface area contributed by atoms with Gasteiger partial charge in [0.25, 0.3) is 0 Å². The van der Waals surface area contributed by atoms with Crippen molar-refractivity contribution in [3.05, 3.63) is 109 Å².